The lowest BCUT2D eigenvalue weighted by Gasteiger charge is -2.09. The Morgan fingerprint density at radius 3 is 2.84 bits per heavy atom. The van der Waals surface area contributed by atoms with E-state index < -0.39 is 0 Å². The summed E-state index contributed by atoms with van der Waals surface area (Å²) in [5, 5.41) is 0. The first-order chi connectivity index (χ1) is 9.40. The summed E-state index contributed by atoms with van der Waals surface area (Å²) in [5.74, 6) is 2.71. The maximum atomic E-state index is 5.68. The fourth-order valence-corrected chi connectivity index (χ4v) is 2.59. The second-order valence-corrected chi connectivity index (χ2v) is 5.64. The minimum Gasteiger partial charge on any atom is -0.490 e. The van der Waals surface area contributed by atoms with Gasteiger partial charge in [-0.3, -0.25) is 0 Å². The van der Waals surface area contributed by atoms with Crippen LogP contribution in [0.5, 0.6) is 11.5 Å². The zero-order valence-electron chi connectivity index (χ0n) is 11.5. The number of benzene rings is 1. The first-order valence-corrected chi connectivity index (χ1v) is 7.99. The predicted octanol–water partition coefficient (Wildman–Crippen LogP) is 3.76. The minimum absolute atomic E-state index is 0.737. The highest BCUT2D eigenvalue weighted by Gasteiger charge is 2.10. The highest BCUT2D eigenvalue weighted by molar-refractivity contribution is 7.99. The Labute approximate surface area is 119 Å². The number of thioether (sulfide) groups is 1. The Morgan fingerprint density at radius 2 is 2.00 bits per heavy atom. The van der Waals surface area contributed by atoms with Crippen LogP contribution in [0.15, 0.2) is 23.1 Å². The van der Waals surface area contributed by atoms with E-state index in [1.807, 2.05) is 6.07 Å². The van der Waals surface area contributed by atoms with Gasteiger partial charge in [0.15, 0.2) is 11.5 Å². The highest BCUT2D eigenvalue weighted by atomic mass is 32.2. The SMILES string of the molecule is CCCCOCCSc1ccc2c(c1)OCCCO2. The van der Waals surface area contributed by atoms with Crippen LogP contribution in [-0.2, 0) is 4.74 Å². The van der Waals surface area contributed by atoms with Gasteiger partial charge in [-0.05, 0) is 24.6 Å². The van der Waals surface area contributed by atoms with E-state index in [2.05, 4.69) is 19.1 Å². The third-order valence-electron chi connectivity index (χ3n) is 2.86. The zero-order valence-corrected chi connectivity index (χ0v) is 12.3. The molecule has 0 amide bonds. The van der Waals surface area contributed by atoms with Gasteiger partial charge in [-0.25, -0.2) is 0 Å². The lowest BCUT2D eigenvalue weighted by atomic mass is 10.3. The van der Waals surface area contributed by atoms with Crippen LogP contribution in [0.1, 0.15) is 26.2 Å². The molecule has 2 rings (SSSR count). The summed E-state index contributed by atoms with van der Waals surface area (Å²) in [6.45, 7) is 5.33. The monoisotopic (exact) mass is 282 g/mol. The van der Waals surface area contributed by atoms with Gasteiger partial charge in [0.05, 0.1) is 19.8 Å². The van der Waals surface area contributed by atoms with E-state index in [4.69, 9.17) is 14.2 Å². The van der Waals surface area contributed by atoms with Gasteiger partial charge < -0.3 is 14.2 Å². The molecule has 0 spiro atoms. The van der Waals surface area contributed by atoms with Gasteiger partial charge in [0.1, 0.15) is 0 Å². The predicted molar refractivity (Wildman–Crippen MR) is 78.5 cm³/mol. The van der Waals surface area contributed by atoms with Crippen molar-refractivity contribution in [2.75, 3.05) is 32.2 Å². The maximum absolute atomic E-state index is 5.68. The fraction of sp³-hybridized carbons (Fsp3) is 0.600. The number of fused-ring (bicyclic) bond motifs is 1. The van der Waals surface area contributed by atoms with E-state index in [9.17, 15) is 0 Å². The van der Waals surface area contributed by atoms with Gasteiger partial charge in [-0.2, -0.15) is 0 Å². The topological polar surface area (TPSA) is 27.7 Å². The Morgan fingerprint density at radius 1 is 1.16 bits per heavy atom. The van der Waals surface area contributed by atoms with E-state index in [-0.39, 0.29) is 0 Å². The van der Waals surface area contributed by atoms with Gasteiger partial charge >= 0.3 is 0 Å². The van der Waals surface area contributed by atoms with Gasteiger partial charge in [0, 0.05) is 23.7 Å². The second kappa shape index (κ2) is 8.33. The normalized spacial score (nSPS) is 14.2. The number of hydrogen-bond donors (Lipinski definition) is 0. The van der Waals surface area contributed by atoms with Crippen molar-refractivity contribution < 1.29 is 14.2 Å². The average Bonchev–Trinajstić information content (AvgIpc) is 2.67. The molecule has 0 aliphatic carbocycles. The van der Waals surface area contributed by atoms with Crippen LogP contribution in [-0.4, -0.2) is 32.2 Å². The minimum atomic E-state index is 0.737. The summed E-state index contributed by atoms with van der Waals surface area (Å²) in [4.78, 5) is 1.21. The molecule has 0 unspecified atom stereocenters. The maximum Gasteiger partial charge on any atom is 0.162 e. The van der Waals surface area contributed by atoms with Gasteiger partial charge in [0.25, 0.3) is 0 Å². The van der Waals surface area contributed by atoms with Gasteiger partial charge in [0.2, 0.25) is 0 Å². The molecule has 0 N–H and O–H groups in total. The first-order valence-electron chi connectivity index (χ1n) is 7.00. The molecular weight excluding hydrogens is 260 g/mol. The van der Waals surface area contributed by atoms with Crippen LogP contribution in [0.4, 0.5) is 0 Å². The van der Waals surface area contributed by atoms with Crippen LogP contribution >= 0.6 is 11.8 Å². The van der Waals surface area contributed by atoms with E-state index in [1.54, 1.807) is 11.8 Å². The third-order valence-corrected chi connectivity index (χ3v) is 3.82. The number of hydrogen-bond acceptors (Lipinski definition) is 4. The van der Waals surface area contributed by atoms with Crippen LogP contribution in [0.25, 0.3) is 0 Å². The van der Waals surface area contributed by atoms with E-state index in [0.29, 0.717) is 0 Å². The molecule has 1 heterocycles. The second-order valence-electron chi connectivity index (χ2n) is 4.47. The Hall–Kier alpha value is -0.870. The van der Waals surface area contributed by atoms with Crippen LogP contribution < -0.4 is 9.47 Å². The molecule has 0 radical (unpaired) electrons. The summed E-state index contributed by atoms with van der Waals surface area (Å²) in [5.41, 5.74) is 0. The van der Waals surface area contributed by atoms with Gasteiger partial charge in [-0.15, -0.1) is 11.8 Å². The van der Waals surface area contributed by atoms with Crippen molar-refractivity contribution in [2.45, 2.75) is 31.1 Å². The standard InChI is InChI=1S/C15H22O3S/c1-2-3-7-16-10-11-19-13-5-6-14-15(12-13)18-9-4-8-17-14/h5-6,12H,2-4,7-11H2,1H3. The molecule has 106 valence electrons. The smallest absolute Gasteiger partial charge is 0.162 e. The van der Waals surface area contributed by atoms with E-state index in [1.165, 1.54) is 11.3 Å². The molecule has 0 aromatic heterocycles. The molecule has 1 aromatic rings. The summed E-state index contributed by atoms with van der Waals surface area (Å²) < 4.78 is 16.8. The Bertz CT molecular complexity index is 382. The molecule has 0 fully saturated rings. The van der Waals surface area contributed by atoms with Crippen molar-refractivity contribution in [3.63, 3.8) is 0 Å². The van der Waals surface area contributed by atoms with Crippen molar-refractivity contribution in [2.24, 2.45) is 0 Å². The summed E-state index contributed by atoms with van der Waals surface area (Å²) in [6, 6.07) is 6.16. The van der Waals surface area contributed by atoms with E-state index >= 15 is 0 Å². The molecule has 1 aliphatic heterocycles. The zero-order chi connectivity index (χ0) is 13.3. The van der Waals surface area contributed by atoms with Crippen LogP contribution in [0.2, 0.25) is 0 Å². The quantitative estimate of drug-likeness (QED) is 0.562. The molecule has 0 saturated heterocycles. The molecule has 3 nitrogen and oxygen atoms in total. The molecule has 4 heteroatoms. The molecule has 1 aromatic carbocycles. The number of unbranched alkanes of at least 4 members (excludes halogenated alkanes) is 1. The first kappa shape index (κ1) is 14.5. The molecule has 1 aliphatic rings. The number of rotatable bonds is 7. The Balaban J connectivity index is 1.76. The lowest BCUT2D eigenvalue weighted by molar-refractivity contribution is 0.147. The molecule has 0 atom stereocenters. The van der Waals surface area contributed by atoms with Crippen molar-refractivity contribution >= 4 is 11.8 Å². The third kappa shape index (κ3) is 4.96. The van der Waals surface area contributed by atoms with Crippen LogP contribution in [0, 0.1) is 0 Å². The van der Waals surface area contributed by atoms with Crippen LogP contribution in [0.3, 0.4) is 0 Å². The summed E-state index contributed by atoms with van der Waals surface area (Å²) in [7, 11) is 0. The Kier molecular flexibility index (Phi) is 6.37. The van der Waals surface area contributed by atoms with Gasteiger partial charge in [-0.1, -0.05) is 13.3 Å². The molecular formula is C15H22O3S. The van der Waals surface area contributed by atoms with E-state index in [0.717, 1.165) is 56.5 Å². The molecule has 19 heavy (non-hydrogen) atoms. The van der Waals surface area contributed by atoms with Crippen molar-refractivity contribution in [3.8, 4) is 11.5 Å². The lowest BCUT2D eigenvalue weighted by Crippen LogP contribution is -1.99. The molecule has 0 bridgehead atoms. The average molecular weight is 282 g/mol. The largest absolute Gasteiger partial charge is 0.490 e. The summed E-state index contributed by atoms with van der Waals surface area (Å²) in [6.07, 6.45) is 3.28. The number of ether oxygens (including phenoxy) is 3. The summed E-state index contributed by atoms with van der Waals surface area (Å²) >= 11 is 1.80. The molecule has 0 saturated carbocycles. The van der Waals surface area contributed by atoms with Crippen molar-refractivity contribution in [3.05, 3.63) is 18.2 Å². The fourth-order valence-electron chi connectivity index (χ4n) is 1.80. The van der Waals surface area contributed by atoms with Crippen molar-refractivity contribution in [1.82, 2.24) is 0 Å². The van der Waals surface area contributed by atoms with Crippen molar-refractivity contribution in [1.29, 1.82) is 0 Å². The highest BCUT2D eigenvalue weighted by Crippen LogP contribution is 2.33.